The van der Waals surface area contributed by atoms with Crippen LogP contribution in [0.25, 0.3) is 0 Å². The van der Waals surface area contributed by atoms with Crippen molar-refractivity contribution in [3.05, 3.63) is 12.2 Å². The molecule has 1 amide bonds. The van der Waals surface area contributed by atoms with E-state index in [2.05, 4.69) is 24.4 Å². The first kappa shape index (κ1) is 47.1. The summed E-state index contributed by atoms with van der Waals surface area (Å²) in [4.78, 5) is 23.0. The van der Waals surface area contributed by atoms with Crippen LogP contribution in [-0.2, 0) is 18.4 Å². The zero-order valence-electron chi connectivity index (χ0n) is 30.6. The van der Waals surface area contributed by atoms with Gasteiger partial charge in [-0.05, 0) is 38.5 Å². The van der Waals surface area contributed by atoms with Gasteiger partial charge in [0.1, 0.15) is 36.6 Å². The molecule has 1 rings (SSSR count). The molecule has 8 atom stereocenters. The van der Waals surface area contributed by atoms with E-state index in [9.17, 15) is 50.0 Å². The van der Waals surface area contributed by atoms with E-state index in [0.717, 1.165) is 57.8 Å². The van der Waals surface area contributed by atoms with E-state index in [1.807, 2.05) is 6.92 Å². The Balaban J connectivity index is 2.39. The first-order valence-corrected chi connectivity index (χ1v) is 20.7. The Morgan fingerprint density at radius 1 is 0.680 bits per heavy atom. The molecule has 13 nitrogen and oxygen atoms in total. The number of rotatable bonds is 30. The zero-order chi connectivity index (χ0) is 37.4. The van der Waals surface area contributed by atoms with Crippen LogP contribution >= 0.6 is 7.82 Å². The van der Waals surface area contributed by atoms with Crippen LogP contribution in [0.5, 0.6) is 0 Å². The first-order chi connectivity index (χ1) is 23.8. The molecule has 0 aromatic rings. The summed E-state index contributed by atoms with van der Waals surface area (Å²) in [7, 11) is -5.09. The molecule has 1 fully saturated rings. The van der Waals surface area contributed by atoms with Gasteiger partial charge in [0.25, 0.3) is 0 Å². The molecule has 0 bridgehead atoms. The summed E-state index contributed by atoms with van der Waals surface area (Å²) in [6.07, 6.45) is 11.3. The number of nitrogens with one attached hydrogen (secondary N) is 1. The van der Waals surface area contributed by atoms with E-state index in [1.165, 1.54) is 51.4 Å². The fourth-order valence-electron chi connectivity index (χ4n) is 6.12. The van der Waals surface area contributed by atoms with Crippen molar-refractivity contribution in [1.82, 2.24) is 5.32 Å². The zero-order valence-corrected chi connectivity index (χ0v) is 31.5. The topological polar surface area (TPSA) is 226 Å². The molecule has 0 aliphatic heterocycles. The number of carbonyl (C=O) groups excluding carboxylic acids is 1. The maximum absolute atomic E-state index is 12.8. The molecule has 8 unspecified atom stereocenters. The number of aliphatic hydroxyl groups is 7. The molecule has 0 radical (unpaired) electrons. The number of carbonyl (C=O) groups is 1. The van der Waals surface area contributed by atoms with Crippen molar-refractivity contribution in [2.75, 3.05) is 6.61 Å². The van der Waals surface area contributed by atoms with Crippen LogP contribution in [0.15, 0.2) is 12.2 Å². The van der Waals surface area contributed by atoms with Gasteiger partial charge in [-0.1, -0.05) is 116 Å². The molecule has 14 heteroatoms. The van der Waals surface area contributed by atoms with Gasteiger partial charge in [0.2, 0.25) is 5.91 Å². The largest absolute Gasteiger partial charge is 0.472 e. The summed E-state index contributed by atoms with van der Waals surface area (Å²) in [5.74, 6) is -0.577. The number of unbranched alkanes of at least 4 members (excludes halogenated alkanes) is 15. The van der Waals surface area contributed by atoms with E-state index in [4.69, 9.17) is 9.05 Å². The fourth-order valence-corrected chi connectivity index (χ4v) is 7.09. The smallest absolute Gasteiger partial charge is 0.393 e. The van der Waals surface area contributed by atoms with Crippen LogP contribution in [0.1, 0.15) is 149 Å². The van der Waals surface area contributed by atoms with Gasteiger partial charge in [-0.25, -0.2) is 4.57 Å². The van der Waals surface area contributed by atoms with E-state index >= 15 is 0 Å². The van der Waals surface area contributed by atoms with Crippen molar-refractivity contribution in [1.29, 1.82) is 0 Å². The average molecular weight is 740 g/mol. The Kier molecular flexibility index (Phi) is 26.0. The van der Waals surface area contributed by atoms with Crippen LogP contribution in [0, 0.1) is 0 Å². The highest BCUT2D eigenvalue weighted by Gasteiger charge is 2.51. The Morgan fingerprint density at radius 2 is 1.12 bits per heavy atom. The number of phosphoric acid groups is 1. The van der Waals surface area contributed by atoms with Crippen molar-refractivity contribution >= 4 is 13.7 Å². The van der Waals surface area contributed by atoms with Crippen molar-refractivity contribution < 1.29 is 59.0 Å². The number of hydrogen-bond acceptors (Lipinski definition) is 11. The van der Waals surface area contributed by atoms with E-state index in [1.54, 1.807) is 0 Å². The second-order valence-corrected chi connectivity index (χ2v) is 15.4. The summed E-state index contributed by atoms with van der Waals surface area (Å²) >= 11 is 0. The minimum absolute atomic E-state index is 0.228. The van der Waals surface area contributed by atoms with Crippen molar-refractivity contribution in [3.8, 4) is 0 Å². The molecule has 0 aromatic carbocycles. The number of hydrogen-bond donors (Lipinski definition) is 9. The van der Waals surface area contributed by atoms with Gasteiger partial charge in [0, 0.05) is 0 Å². The van der Waals surface area contributed by atoms with Gasteiger partial charge in [0.15, 0.2) is 0 Å². The summed E-state index contributed by atoms with van der Waals surface area (Å²) < 4.78 is 22.5. The lowest BCUT2D eigenvalue weighted by atomic mass is 9.85. The SMILES string of the molecule is CCCCCCCCCC/C=C\CCCCCCCC(O)CC(=O)NC(COP(=O)(O)OC1C(O)C(O)C(O)C(O)C1O)C(O)CCCCC. The number of phosphoric ester groups is 1. The lowest BCUT2D eigenvalue weighted by molar-refractivity contribution is -0.220. The number of allylic oxidation sites excluding steroid dienone is 2. The molecular weight excluding hydrogens is 669 g/mol. The molecule has 296 valence electrons. The predicted molar refractivity (Wildman–Crippen MR) is 192 cm³/mol. The molecular formula is C36H70NO12P. The van der Waals surface area contributed by atoms with Gasteiger partial charge in [-0.3, -0.25) is 13.8 Å². The quantitative estimate of drug-likeness (QED) is 0.0286. The highest BCUT2D eigenvalue weighted by atomic mass is 31.2. The Bertz CT molecular complexity index is 927. The van der Waals surface area contributed by atoms with Crippen molar-refractivity contribution in [2.24, 2.45) is 0 Å². The number of aliphatic hydroxyl groups excluding tert-OH is 7. The monoisotopic (exact) mass is 739 g/mol. The van der Waals surface area contributed by atoms with Gasteiger partial charge < -0.3 is 46.0 Å². The summed E-state index contributed by atoms with van der Waals surface area (Å²) in [6, 6.07) is -1.15. The Hall–Kier alpha value is -0.960. The van der Waals surface area contributed by atoms with E-state index in [0.29, 0.717) is 12.8 Å². The molecule has 0 heterocycles. The molecule has 1 saturated carbocycles. The summed E-state index contributed by atoms with van der Waals surface area (Å²) in [5, 5.41) is 73.5. The minimum Gasteiger partial charge on any atom is -0.393 e. The standard InChI is InChI=1S/C36H70NO12P/c1-3-5-7-8-9-10-11-12-13-14-15-16-17-18-19-20-22-23-27(38)25-30(40)37-28(29(39)24-21-6-4-2)26-48-50(46,47)49-36-34(44)32(42)31(41)33(43)35(36)45/h14-15,27-29,31-36,38-39,41-45H,3-13,16-26H2,1-2H3,(H,37,40)(H,46,47)/b15-14-. The van der Waals surface area contributed by atoms with E-state index in [-0.39, 0.29) is 12.8 Å². The molecule has 0 aromatic heterocycles. The molecule has 9 N–H and O–H groups in total. The average Bonchev–Trinajstić information content (AvgIpc) is 3.08. The highest BCUT2D eigenvalue weighted by Crippen LogP contribution is 2.47. The maximum atomic E-state index is 12.8. The molecule has 50 heavy (non-hydrogen) atoms. The fraction of sp³-hybridized carbons (Fsp3) is 0.917. The first-order valence-electron chi connectivity index (χ1n) is 19.2. The Morgan fingerprint density at radius 3 is 1.66 bits per heavy atom. The summed E-state index contributed by atoms with van der Waals surface area (Å²) in [5.41, 5.74) is 0. The molecule has 0 saturated heterocycles. The van der Waals surface area contributed by atoms with Crippen LogP contribution < -0.4 is 5.32 Å². The second-order valence-electron chi connectivity index (χ2n) is 14.0. The lowest BCUT2D eigenvalue weighted by Gasteiger charge is -2.41. The third-order valence-electron chi connectivity index (χ3n) is 9.38. The van der Waals surface area contributed by atoms with Gasteiger partial charge >= 0.3 is 7.82 Å². The highest BCUT2D eigenvalue weighted by molar-refractivity contribution is 7.47. The molecule has 1 aliphatic carbocycles. The normalized spacial score (nSPS) is 25.7. The third-order valence-corrected chi connectivity index (χ3v) is 10.4. The number of amides is 1. The summed E-state index contributed by atoms with van der Waals surface area (Å²) in [6.45, 7) is 3.53. The van der Waals surface area contributed by atoms with Crippen LogP contribution in [0.2, 0.25) is 0 Å². The Labute approximate surface area is 300 Å². The second kappa shape index (κ2) is 27.6. The van der Waals surface area contributed by atoms with Crippen LogP contribution in [0.3, 0.4) is 0 Å². The van der Waals surface area contributed by atoms with Gasteiger partial charge in [0.05, 0.1) is 31.3 Å². The predicted octanol–water partition coefficient (Wildman–Crippen LogP) is 4.30. The van der Waals surface area contributed by atoms with Crippen molar-refractivity contribution in [2.45, 2.75) is 204 Å². The maximum Gasteiger partial charge on any atom is 0.472 e. The van der Waals surface area contributed by atoms with Gasteiger partial charge in [-0.15, -0.1) is 0 Å². The van der Waals surface area contributed by atoms with Crippen molar-refractivity contribution in [3.63, 3.8) is 0 Å². The molecule has 1 aliphatic rings. The van der Waals surface area contributed by atoms with Gasteiger partial charge in [-0.2, -0.15) is 0 Å². The lowest BCUT2D eigenvalue weighted by Crippen LogP contribution is -2.64. The van der Waals surface area contributed by atoms with Crippen LogP contribution in [0.4, 0.5) is 0 Å². The van der Waals surface area contributed by atoms with E-state index < -0.39 is 75.2 Å². The third kappa shape index (κ3) is 20.3. The minimum atomic E-state index is -5.09. The molecule has 0 spiro atoms. The van der Waals surface area contributed by atoms with Crippen LogP contribution in [-0.4, -0.2) is 108 Å².